The molecule has 13 heteroatoms. The number of sulfone groups is 2. The van der Waals surface area contributed by atoms with E-state index < -0.39 is 69.7 Å². The van der Waals surface area contributed by atoms with E-state index in [0.717, 1.165) is 12.1 Å². The molecular formula is C30H25ClFNO8S2. The Morgan fingerprint density at radius 3 is 2.26 bits per heavy atom. The summed E-state index contributed by atoms with van der Waals surface area (Å²) in [6, 6.07) is 17.2. The number of esters is 2. The number of benzene rings is 3. The maximum absolute atomic E-state index is 15.5. The smallest absolute Gasteiger partial charge is 0.338 e. The summed E-state index contributed by atoms with van der Waals surface area (Å²) < 4.78 is 81.0. The average Bonchev–Trinajstić information content (AvgIpc) is 3.02. The molecule has 0 N–H and O–H groups in total. The highest BCUT2D eigenvalue weighted by atomic mass is 35.5. The van der Waals surface area contributed by atoms with Crippen molar-refractivity contribution in [3.05, 3.63) is 105 Å². The molecule has 3 aromatic rings. The van der Waals surface area contributed by atoms with Crippen molar-refractivity contribution < 1.29 is 40.3 Å². The van der Waals surface area contributed by atoms with E-state index in [1.807, 2.05) is 0 Å². The van der Waals surface area contributed by atoms with Crippen LogP contribution in [0.2, 0.25) is 5.02 Å². The number of aliphatic imine (C=N–C) groups is 1. The fourth-order valence-electron chi connectivity index (χ4n) is 5.20. The molecule has 2 atom stereocenters. The van der Waals surface area contributed by atoms with Gasteiger partial charge in [-0.15, -0.1) is 0 Å². The fraction of sp³-hybridized carbons (Fsp3) is 0.233. The van der Waals surface area contributed by atoms with Crippen molar-refractivity contribution >= 4 is 48.9 Å². The Balaban J connectivity index is 1.49. The van der Waals surface area contributed by atoms with Crippen molar-refractivity contribution in [3.63, 3.8) is 0 Å². The van der Waals surface area contributed by atoms with E-state index in [1.165, 1.54) is 37.3 Å². The fourth-order valence-corrected chi connectivity index (χ4v) is 9.52. The molecule has 224 valence electrons. The summed E-state index contributed by atoms with van der Waals surface area (Å²) in [6.45, 7) is 1.13. The summed E-state index contributed by atoms with van der Waals surface area (Å²) in [7, 11) is -8.82. The number of allylic oxidation sites excluding steroid dienone is 1. The SMILES string of the molecule is CC1=NC2=C(C(c3c(F)cccc3Cl)C1C(=O)OCCCOC(=O)c1ccccc1)S(=O)(=O)c1ccccc1S(=O)(=O)C2. The molecule has 2 unspecified atom stereocenters. The van der Waals surface area contributed by atoms with Crippen LogP contribution >= 0.6 is 11.6 Å². The van der Waals surface area contributed by atoms with E-state index in [-0.39, 0.29) is 41.6 Å². The largest absolute Gasteiger partial charge is 0.465 e. The zero-order valence-electron chi connectivity index (χ0n) is 22.7. The monoisotopic (exact) mass is 645 g/mol. The van der Waals surface area contributed by atoms with Gasteiger partial charge in [0.05, 0.1) is 44.9 Å². The minimum absolute atomic E-state index is 0.0277. The lowest BCUT2D eigenvalue weighted by molar-refractivity contribution is -0.146. The zero-order valence-corrected chi connectivity index (χ0v) is 25.1. The van der Waals surface area contributed by atoms with E-state index in [2.05, 4.69) is 4.99 Å². The molecule has 0 amide bonds. The maximum Gasteiger partial charge on any atom is 0.338 e. The first-order valence-corrected chi connectivity index (χ1v) is 16.6. The number of carbonyl (C=O) groups excluding carboxylic acids is 2. The van der Waals surface area contributed by atoms with Gasteiger partial charge in [0, 0.05) is 28.6 Å². The van der Waals surface area contributed by atoms with Crippen molar-refractivity contribution in [1.29, 1.82) is 0 Å². The lowest BCUT2D eigenvalue weighted by atomic mass is 9.80. The molecule has 2 aliphatic heterocycles. The van der Waals surface area contributed by atoms with Gasteiger partial charge in [-0.3, -0.25) is 9.79 Å². The molecule has 0 saturated heterocycles. The average molecular weight is 646 g/mol. The molecule has 9 nitrogen and oxygen atoms in total. The van der Waals surface area contributed by atoms with E-state index in [1.54, 1.807) is 30.3 Å². The number of rotatable bonds is 7. The van der Waals surface area contributed by atoms with Crippen molar-refractivity contribution in [1.82, 2.24) is 0 Å². The highest BCUT2D eigenvalue weighted by molar-refractivity contribution is 7.97. The van der Waals surface area contributed by atoms with Crippen LogP contribution in [-0.4, -0.2) is 53.5 Å². The van der Waals surface area contributed by atoms with Crippen molar-refractivity contribution in [2.45, 2.75) is 29.1 Å². The second-order valence-electron chi connectivity index (χ2n) is 9.89. The van der Waals surface area contributed by atoms with Crippen LogP contribution in [0, 0.1) is 11.7 Å². The third kappa shape index (κ3) is 5.86. The van der Waals surface area contributed by atoms with Gasteiger partial charge in [-0.2, -0.15) is 0 Å². The number of hydrogen-bond acceptors (Lipinski definition) is 9. The molecule has 0 radical (unpaired) electrons. The van der Waals surface area contributed by atoms with Crippen LogP contribution in [-0.2, 0) is 33.9 Å². The Hall–Kier alpha value is -3.87. The lowest BCUT2D eigenvalue weighted by Crippen LogP contribution is -2.37. The predicted molar refractivity (Wildman–Crippen MR) is 156 cm³/mol. The third-order valence-electron chi connectivity index (χ3n) is 7.09. The summed E-state index contributed by atoms with van der Waals surface area (Å²) in [5, 5.41) is -0.159. The highest BCUT2D eigenvalue weighted by Gasteiger charge is 2.49. The van der Waals surface area contributed by atoms with Gasteiger partial charge >= 0.3 is 11.9 Å². The molecule has 0 saturated carbocycles. The van der Waals surface area contributed by atoms with Crippen molar-refractivity contribution in [2.75, 3.05) is 19.0 Å². The Labute approximate surface area is 252 Å². The summed E-state index contributed by atoms with van der Waals surface area (Å²) >= 11 is 6.41. The highest BCUT2D eigenvalue weighted by Crippen LogP contribution is 2.49. The Bertz CT molecular complexity index is 1870. The van der Waals surface area contributed by atoms with Gasteiger partial charge in [0.15, 0.2) is 9.84 Å². The number of ether oxygens (including phenoxy) is 2. The van der Waals surface area contributed by atoms with Gasteiger partial charge in [-0.25, -0.2) is 26.0 Å². The number of fused-ring (bicyclic) bond motifs is 1. The molecule has 0 bridgehead atoms. The Kier molecular flexibility index (Phi) is 8.55. The minimum Gasteiger partial charge on any atom is -0.465 e. The van der Waals surface area contributed by atoms with E-state index in [0.29, 0.717) is 5.56 Å². The Morgan fingerprint density at radius 2 is 1.56 bits per heavy atom. The molecule has 0 spiro atoms. The minimum atomic E-state index is -4.63. The van der Waals surface area contributed by atoms with Gasteiger partial charge in [0.1, 0.15) is 11.7 Å². The molecular weight excluding hydrogens is 621 g/mol. The van der Waals surface area contributed by atoms with Crippen LogP contribution in [0.3, 0.4) is 0 Å². The zero-order chi connectivity index (χ0) is 30.9. The van der Waals surface area contributed by atoms with E-state index >= 15 is 4.39 Å². The lowest BCUT2D eigenvalue weighted by Gasteiger charge is -2.32. The molecule has 5 rings (SSSR count). The first-order chi connectivity index (χ1) is 20.4. The second-order valence-corrected chi connectivity index (χ2v) is 14.1. The molecule has 0 fully saturated rings. The third-order valence-corrected chi connectivity index (χ3v) is 11.2. The molecule has 0 aromatic heterocycles. The molecule has 43 heavy (non-hydrogen) atoms. The topological polar surface area (TPSA) is 133 Å². The number of hydrogen-bond donors (Lipinski definition) is 0. The van der Waals surface area contributed by atoms with Gasteiger partial charge in [-0.05, 0) is 43.3 Å². The van der Waals surface area contributed by atoms with Crippen LogP contribution < -0.4 is 0 Å². The van der Waals surface area contributed by atoms with Crippen LogP contribution in [0.5, 0.6) is 0 Å². The van der Waals surface area contributed by atoms with Crippen LogP contribution in [0.15, 0.2) is 98.2 Å². The Morgan fingerprint density at radius 1 is 0.907 bits per heavy atom. The van der Waals surface area contributed by atoms with E-state index in [9.17, 15) is 26.4 Å². The van der Waals surface area contributed by atoms with Crippen LogP contribution in [0.1, 0.15) is 35.2 Å². The van der Waals surface area contributed by atoms with Gasteiger partial charge in [0.25, 0.3) is 0 Å². The standard InChI is InChI=1S/C30H25ClFNO8S2/c1-18-25(30(35)41-16-8-15-40-29(34)19-9-3-2-4-10-19)27(26-20(31)11-7-12-21(26)32)28-22(33-18)17-42(36,37)23-13-5-6-14-24(23)43(28,38)39/h2-7,9-14,25,27H,8,15-17H2,1H3. The normalized spacial score (nSPS) is 20.2. The summed E-state index contributed by atoms with van der Waals surface area (Å²) in [4.78, 5) is 28.6. The van der Waals surface area contributed by atoms with Crippen LogP contribution in [0.25, 0.3) is 0 Å². The van der Waals surface area contributed by atoms with Gasteiger partial charge in [-0.1, -0.05) is 48.0 Å². The van der Waals surface area contributed by atoms with Gasteiger partial charge in [0.2, 0.25) is 9.84 Å². The first kappa shape index (κ1) is 30.6. The molecule has 3 aromatic carbocycles. The second kappa shape index (κ2) is 12.0. The predicted octanol–water partition coefficient (Wildman–Crippen LogP) is 4.92. The first-order valence-electron chi connectivity index (χ1n) is 13.1. The quantitative estimate of drug-likeness (QED) is 0.261. The van der Waals surface area contributed by atoms with Crippen molar-refractivity contribution in [2.24, 2.45) is 10.9 Å². The van der Waals surface area contributed by atoms with E-state index in [4.69, 9.17) is 21.1 Å². The summed E-state index contributed by atoms with van der Waals surface area (Å²) in [5.74, 6) is -6.18. The molecule has 2 heterocycles. The van der Waals surface area contributed by atoms with Crippen molar-refractivity contribution in [3.8, 4) is 0 Å². The summed E-state index contributed by atoms with van der Waals surface area (Å²) in [5.41, 5.74) is -0.241. The molecule has 0 aliphatic carbocycles. The van der Waals surface area contributed by atoms with Crippen LogP contribution in [0.4, 0.5) is 4.39 Å². The maximum atomic E-state index is 15.5. The summed E-state index contributed by atoms with van der Waals surface area (Å²) in [6.07, 6.45) is 0.121. The molecule has 2 aliphatic rings. The van der Waals surface area contributed by atoms with Gasteiger partial charge < -0.3 is 9.47 Å². The number of halogens is 2. The number of carbonyl (C=O) groups is 2. The number of nitrogens with zero attached hydrogens (tertiary/aromatic N) is 1.